The molecule has 0 fully saturated rings. The van der Waals surface area contributed by atoms with E-state index in [1.54, 1.807) is 25.1 Å². The number of hydrogen-bond acceptors (Lipinski definition) is 4. The Kier molecular flexibility index (Phi) is 5.00. The first-order valence-corrected chi connectivity index (χ1v) is 7.06. The second kappa shape index (κ2) is 6.77. The van der Waals surface area contributed by atoms with Crippen molar-refractivity contribution in [3.63, 3.8) is 0 Å². The minimum absolute atomic E-state index is 0.0805. The molecule has 1 atom stereocenters. The number of carbonyl (C=O) groups excluding carboxylic acids is 2. The molecular formula is C15H12Cl2N2O3. The van der Waals surface area contributed by atoms with E-state index in [0.29, 0.717) is 15.6 Å². The number of nitrogens with zero attached hydrogens (tertiary/aromatic N) is 1. The number of esters is 1. The highest BCUT2D eigenvalue weighted by Crippen LogP contribution is 2.27. The molecule has 1 aromatic carbocycles. The van der Waals surface area contributed by atoms with Crippen LogP contribution in [0.15, 0.2) is 36.5 Å². The molecule has 22 heavy (non-hydrogen) atoms. The van der Waals surface area contributed by atoms with Crippen LogP contribution in [0.3, 0.4) is 0 Å². The van der Waals surface area contributed by atoms with Crippen molar-refractivity contribution in [2.24, 2.45) is 5.73 Å². The Balaban J connectivity index is 2.10. The Morgan fingerprint density at radius 3 is 2.45 bits per heavy atom. The number of halogens is 2. The molecule has 2 N–H and O–H groups in total. The van der Waals surface area contributed by atoms with Gasteiger partial charge in [0.15, 0.2) is 0 Å². The molecule has 0 aliphatic heterocycles. The zero-order valence-electron chi connectivity index (χ0n) is 11.5. The average Bonchev–Trinajstić information content (AvgIpc) is 2.50. The summed E-state index contributed by atoms with van der Waals surface area (Å²) >= 11 is 11.8. The summed E-state index contributed by atoms with van der Waals surface area (Å²) in [4.78, 5) is 26.8. The standard InChI is InChI=1S/C15H12Cl2N2O3/c1-8(9-2-4-11(16)12(17)6-9)22-15(21)13-5-3-10(7-19-13)14(18)20/h2-8H,1H3,(H2,18,20)/t8-/m0/s1. The molecule has 0 aliphatic rings. The van der Waals surface area contributed by atoms with Crippen molar-refractivity contribution in [3.8, 4) is 0 Å². The molecule has 1 amide bonds. The molecule has 0 unspecified atom stereocenters. The van der Waals surface area contributed by atoms with Crippen LogP contribution in [-0.2, 0) is 4.74 Å². The fourth-order valence-electron chi connectivity index (χ4n) is 1.71. The number of primary amides is 1. The fraction of sp³-hybridized carbons (Fsp3) is 0.133. The van der Waals surface area contributed by atoms with E-state index in [9.17, 15) is 9.59 Å². The maximum absolute atomic E-state index is 12.0. The smallest absolute Gasteiger partial charge is 0.357 e. The minimum Gasteiger partial charge on any atom is -0.453 e. The summed E-state index contributed by atoms with van der Waals surface area (Å²) in [5, 5.41) is 0.804. The predicted molar refractivity (Wildman–Crippen MR) is 83.0 cm³/mol. The summed E-state index contributed by atoms with van der Waals surface area (Å²) in [5.41, 5.74) is 6.11. The van der Waals surface area contributed by atoms with Crippen molar-refractivity contribution < 1.29 is 14.3 Å². The highest BCUT2D eigenvalue weighted by atomic mass is 35.5. The van der Waals surface area contributed by atoms with Gasteiger partial charge in [0.05, 0.1) is 15.6 Å². The van der Waals surface area contributed by atoms with Gasteiger partial charge in [-0.25, -0.2) is 9.78 Å². The zero-order chi connectivity index (χ0) is 16.3. The van der Waals surface area contributed by atoms with E-state index in [1.807, 2.05) is 0 Å². The lowest BCUT2D eigenvalue weighted by atomic mass is 10.1. The van der Waals surface area contributed by atoms with E-state index in [0.717, 1.165) is 0 Å². The lowest BCUT2D eigenvalue weighted by Crippen LogP contribution is -2.14. The van der Waals surface area contributed by atoms with Crippen LogP contribution in [0.2, 0.25) is 10.0 Å². The number of amides is 1. The molecule has 5 nitrogen and oxygen atoms in total. The van der Waals surface area contributed by atoms with E-state index in [-0.39, 0.29) is 11.3 Å². The molecule has 0 aliphatic carbocycles. The van der Waals surface area contributed by atoms with E-state index in [4.69, 9.17) is 33.7 Å². The molecule has 114 valence electrons. The fourth-order valence-corrected chi connectivity index (χ4v) is 2.02. The van der Waals surface area contributed by atoms with Gasteiger partial charge >= 0.3 is 5.97 Å². The molecule has 2 aromatic rings. The Morgan fingerprint density at radius 2 is 1.91 bits per heavy atom. The number of nitrogens with two attached hydrogens (primary N) is 1. The minimum atomic E-state index is -0.616. The van der Waals surface area contributed by atoms with Gasteiger partial charge in [0.2, 0.25) is 5.91 Å². The van der Waals surface area contributed by atoms with Crippen molar-refractivity contribution in [1.29, 1.82) is 0 Å². The quantitative estimate of drug-likeness (QED) is 0.866. The summed E-state index contributed by atoms with van der Waals surface area (Å²) in [6, 6.07) is 7.77. The van der Waals surface area contributed by atoms with Crippen LogP contribution in [-0.4, -0.2) is 16.9 Å². The maximum atomic E-state index is 12.0. The van der Waals surface area contributed by atoms with Gasteiger partial charge < -0.3 is 10.5 Å². The van der Waals surface area contributed by atoms with E-state index in [1.165, 1.54) is 18.3 Å². The molecule has 0 radical (unpaired) electrons. The summed E-state index contributed by atoms with van der Waals surface area (Å²) in [5.74, 6) is -1.23. The number of carbonyl (C=O) groups is 2. The molecule has 0 saturated carbocycles. The summed E-state index contributed by atoms with van der Waals surface area (Å²) in [7, 11) is 0. The highest BCUT2D eigenvalue weighted by molar-refractivity contribution is 6.42. The molecular weight excluding hydrogens is 327 g/mol. The molecule has 0 bridgehead atoms. The number of benzene rings is 1. The highest BCUT2D eigenvalue weighted by Gasteiger charge is 2.16. The third-order valence-corrected chi connectivity index (χ3v) is 3.69. The molecule has 0 saturated heterocycles. The Hall–Kier alpha value is -2.11. The molecule has 1 heterocycles. The second-order valence-electron chi connectivity index (χ2n) is 4.52. The van der Waals surface area contributed by atoms with Gasteiger partial charge in [0.1, 0.15) is 11.8 Å². The third-order valence-electron chi connectivity index (χ3n) is 2.95. The molecule has 0 spiro atoms. The van der Waals surface area contributed by atoms with Crippen LogP contribution in [0.4, 0.5) is 0 Å². The zero-order valence-corrected chi connectivity index (χ0v) is 13.1. The van der Waals surface area contributed by atoms with E-state index < -0.39 is 18.0 Å². The van der Waals surface area contributed by atoms with Crippen LogP contribution in [0.5, 0.6) is 0 Å². The molecule has 7 heteroatoms. The summed E-state index contributed by atoms with van der Waals surface area (Å²) in [6.07, 6.45) is 0.697. The normalized spacial score (nSPS) is 11.8. The first-order chi connectivity index (χ1) is 10.4. The summed E-state index contributed by atoms with van der Waals surface area (Å²) in [6.45, 7) is 1.70. The number of hydrogen-bond donors (Lipinski definition) is 1. The van der Waals surface area contributed by atoms with Crippen molar-refractivity contribution in [3.05, 3.63) is 63.4 Å². The van der Waals surface area contributed by atoms with Crippen molar-refractivity contribution in [1.82, 2.24) is 4.98 Å². The Labute approximate surface area is 137 Å². The molecule has 2 rings (SSSR count). The maximum Gasteiger partial charge on any atom is 0.357 e. The first-order valence-electron chi connectivity index (χ1n) is 6.30. The van der Waals surface area contributed by atoms with Crippen molar-refractivity contribution >= 4 is 35.1 Å². The SMILES string of the molecule is C[C@H](OC(=O)c1ccc(C(N)=O)cn1)c1ccc(Cl)c(Cl)c1. The summed E-state index contributed by atoms with van der Waals surface area (Å²) < 4.78 is 5.30. The van der Waals surface area contributed by atoms with Crippen LogP contribution >= 0.6 is 23.2 Å². The van der Waals surface area contributed by atoms with Gasteiger partial charge in [-0.05, 0) is 36.8 Å². The van der Waals surface area contributed by atoms with Gasteiger partial charge in [-0.15, -0.1) is 0 Å². The molecule has 1 aromatic heterocycles. The van der Waals surface area contributed by atoms with Gasteiger partial charge in [0.25, 0.3) is 0 Å². The average molecular weight is 339 g/mol. The Bertz CT molecular complexity index is 717. The van der Waals surface area contributed by atoms with Gasteiger partial charge in [-0.3, -0.25) is 4.79 Å². The largest absolute Gasteiger partial charge is 0.453 e. The third kappa shape index (κ3) is 3.75. The van der Waals surface area contributed by atoms with Crippen LogP contribution in [0.25, 0.3) is 0 Å². The van der Waals surface area contributed by atoms with E-state index in [2.05, 4.69) is 4.98 Å². The number of ether oxygens (including phenoxy) is 1. The topological polar surface area (TPSA) is 82.3 Å². The Morgan fingerprint density at radius 1 is 1.18 bits per heavy atom. The first kappa shape index (κ1) is 16.3. The number of aromatic nitrogens is 1. The van der Waals surface area contributed by atoms with Crippen LogP contribution in [0.1, 0.15) is 39.4 Å². The van der Waals surface area contributed by atoms with Crippen LogP contribution in [0, 0.1) is 0 Å². The second-order valence-corrected chi connectivity index (χ2v) is 5.33. The van der Waals surface area contributed by atoms with Crippen molar-refractivity contribution in [2.45, 2.75) is 13.0 Å². The lowest BCUT2D eigenvalue weighted by molar-refractivity contribution is 0.0330. The van der Waals surface area contributed by atoms with Gasteiger partial charge in [0, 0.05) is 6.20 Å². The van der Waals surface area contributed by atoms with Gasteiger partial charge in [-0.2, -0.15) is 0 Å². The predicted octanol–water partition coefficient (Wildman–Crippen LogP) is 3.41. The van der Waals surface area contributed by atoms with Gasteiger partial charge in [-0.1, -0.05) is 29.3 Å². The van der Waals surface area contributed by atoms with Crippen molar-refractivity contribution in [2.75, 3.05) is 0 Å². The number of pyridine rings is 1. The monoisotopic (exact) mass is 338 g/mol. The number of rotatable bonds is 4. The lowest BCUT2D eigenvalue weighted by Gasteiger charge is -2.14. The van der Waals surface area contributed by atoms with E-state index >= 15 is 0 Å². The van der Waals surface area contributed by atoms with Crippen LogP contribution < -0.4 is 5.73 Å².